The van der Waals surface area contributed by atoms with Gasteiger partial charge in [0.25, 0.3) is 10.0 Å². The summed E-state index contributed by atoms with van der Waals surface area (Å²) in [6.45, 7) is 6.63. The van der Waals surface area contributed by atoms with Crippen LogP contribution in [0, 0.1) is 6.92 Å². The lowest BCUT2D eigenvalue weighted by molar-refractivity contribution is -0.0114. The number of ether oxygens (including phenoxy) is 1. The van der Waals surface area contributed by atoms with E-state index in [2.05, 4.69) is 5.32 Å². The number of thiophene rings is 1. The van der Waals surface area contributed by atoms with Crippen LogP contribution in [0.5, 0.6) is 0 Å². The fraction of sp³-hybridized carbons (Fsp3) is 0.714. The van der Waals surface area contributed by atoms with Gasteiger partial charge in [0.2, 0.25) is 0 Å². The van der Waals surface area contributed by atoms with E-state index >= 15 is 0 Å². The summed E-state index contributed by atoms with van der Waals surface area (Å²) in [5.74, 6) is 0. The van der Waals surface area contributed by atoms with Gasteiger partial charge >= 0.3 is 0 Å². The topological polar surface area (TPSA) is 58.6 Å². The second-order valence-electron chi connectivity index (χ2n) is 5.73. The average Bonchev–Trinajstić information content (AvgIpc) is 2.99. The number of hydrogen-bond donors (Lipinski definition) is 1. The van der Waals surface area contributed by atoms with Crippen molar-refractivity contribution < 1.29 is 13.2 Å². The number of nitrogens with one attached hydrogen (secondary N) is 1. The summed E-state index contributed by atoms with van der Waals surface area (Å²) in [4.78, 5) is 1.10. The van der Waals surface area contributed by atoms with Crippen LogP contribution >= 0.6 is 11.3 Å². The molecule has 7 heteroatoms. The van der Waals surface area contributed by atoms with Crippen molar-refractivity contribution in [1.29, 1.82) is 0 Å². The monoisotopic (exact) mass is 330 g/mol. The molecule has 2 bridgehead atoms. The van der Waals surface area contributed by atoms with Crippen LogP contribution in [0.15, 0.2) is 10.3 Å². The van der Waals surface area contributed by atoms with Gasteiger partial charge in [-0.1, -0.05) is 6.92 Å². The maximum atomic E-state index is 12.8. The van der Waals surface area contributed by atoms with Crippen molar-refractivity contribution in [3.8, 4) is 0 Å². The fourth-order valence-corrected chi connectivity index (χ4v) is 6.15. The quantitative estimate of drug-likeness (QED) is 0.893. The second-order valence-corrected chi connectivity index (χ2v) is 9.03. The number of hydrogen-bond acceptors (Lipinski definition) is 5. The first-order chi connectivity index (χ1) is 10.0. The maximum Gasteiger partial charge on any atom is 0.252 e. The van der Waals surface area contributed by atoms with Gasteiger partial charge in [0.15, 0.2) is 0 Å². The molecule has 2 fully saturated rings. The molecule has 0 aliphatic carbocycles. The fourth-order valence-electron chi connectivity index (χ4n) is 2.93. The van der Waals surface area contributed by atoms with Gasteiger partial charge in [-0.3, -0.25) is 0 Å². The molecule has 0 amide bonds. The van der Waals surface area contributed by atoms with Crippen molar-refractivity contribution in [2.75, 3.05) is 19.6 Å². The van der Waals surface area contributed by atoms with Crippen LogP contribution in [0.3, 0.4) is 0 Å². The summed E-state index contributed by atoms with van der Waals surface area (Å²) in [5.41, 5.74) is 1.05. The van der Waals surface area contributed by atoms with Crippen LogP contribution in [0.1, 0.15) is 30.2 Å². The van der Waals surface area contributed by atoms with Crippen molar-refractivity contribution in [3.05, 3.63) is 16.5 Å². The Kier molecular flexibility index (Phi) is 4.38. The van der Waals surface area contributed by atoms with Crippen LogP contribution in [0.2, 0.25) is 0 Å². The van der Waals surface area contributed by atoms with Crippen molar-refractivity contribution >= 4 is 21.4 Å². The largest absolute Gasteiger partial charge is 0.372 e. The van der Waals surface area contributed by atoms with Crippen LogP contribution in [0.4, 0.5) is 0 Å². The zero-order valence-corrected chi connectivity index (χ0v) is 14.1. The lowest BCUT2D eigenvalue weighted by atomic mass is 10.2. The van der Waals surface area contributed by atoms with Crippen LogP contribution in [0.25, 0.3) is 0 Å². The number of fused-ring (bicyclic) bond motifs is 2. The molecular weight excluding hydrogens is 308 g/mol. The summed E-state index contributed by atoms with van der Waals surface area (Å²) >= 11 is 1.39. The Labute approximate surface area is 130 Å². The molecule has 1 N–H and O–H groups in total. The Morgan fingerprint density at radius 1 is 1.38 bits per heavy atom. The Hall–Kier alpha value is -0.470. The van der Waals surface area contributed by atoms with E-state index in [1.54, 1.807) is 4.31 Å². The Balaban J connectivity index is 1.81. The number of rotatable bonds is 5. The van der Waals surface area contributed by atoms with Crippen LogP contribution in [-0.4, -0.2) is 44.6 Å². The molecule has 2 atom stereocenters. The summed E-state index contributed by atoms with van der Waals surface area (Å²) in [6, 6.07) is 1.81. The highest BCUT2D eigenvalue weighted by Gasteiger charge is 2.39. The van der Waals surface area contributed by atoms with Gasteiger partial charge < -0.3 is 10.1 Å². The molecule has 1 aromatic rings. The van der Waals surface area contributed by atoms with Gasteiger partial charge in [-0.2, -0.15) is 4.31 Å². The van der Waals surface area contributed by atoms with E-state index in [-0.39, 0.29) is 12.2 Å². The molecule has 118 valence electrons. The van der Waals surface area contributed by atoms with E-state index in [1.807, 2.05) is 19.9 Å². The number of aryl methyl sites for hydroxylation is 1. The van der Waals surface area contributed by atoms with Gasteiger partial charge in [0.1, 0.15) is 4.21 Å². The number of nitrogens with zero attached hydrogens (tertiary/aromatic N) is 1. The molecule has 21 heavy (non-hydrogen) atoms. The Morgan fingerprint density at radius 3 is 2.67 bits per heavy atom. The van der Waals surface area contributed by atoms with E-state index in [0.29, 0.717) is 17.3 Å². The highest BCUT2D eigenvalue weighted by atomic mass is 32.2. The average molecular weight is 330 g/mol. The lowest BCUT2D eigenvalue weighted by Crippen LogP contribution is -2.45. The zero-order chi connectivity index (χ0) is 15.0. The molecule has 2 aliphatic rings. The van der Waals surface area contributed by atoms with E-state index in [4.69, 9.17) is 4.74 Å². The standard InChI is InChI=1S/C14H22N2O3S2/c1-3-15-7-13-10(2)6-14(20-13)21(17,18)16-8-11-4-5-12(9-16)19-11/h6,11-12,15H,3-5,7-9H2,1-2H3. The van der Waals surface area contributed by atoms with Crippen LogP contribution in [-0.2, 0) is 21.3 Å². The summed E-state index contributed by atoms with van der Waals surface area (Å²) < 4.78 is 33.4. The lowest BCUT2D eigenvalue weighted by Gasteiger charge is -2.30. The first-order valence-electron chi connectivity index (χ1n) is 7.46. The molecule has 2 saturated heterocycles. The predicted molar refractivity (Wildman–Crippen MR) is 83.1 cm³/mol. The van der Waals surface area contributed by atoms with E-state index in [0.717, 1.165) is 36.4 Å². The van der Waals surface area contributed by atoms with Crippen molar-refractivity contribution in [3.63, 3.8) is 0 Å². The smallest absolute Gasteiger partial charge is 0.252 e. The molecule has 1 aromatic heterocycles. The maximum absolute atomic E-state index is 12.8. The zero-order valence-electron chi connectivity index (χ0n) is 12.5. The number of sulfonamides is 1. The molecule has 3 heterocycles. The van der Waals surface area contributed by atoms with Crippen molar-refractivity contribution in [1.82, 2.24) is 9.62 Å². The van der Waals surface area contributed by atoms with Gasteiger partial charge in [-0.15, -0.1) is 11.3 Å². The van der Waals surface area contributed by atoms with E-state index < -0.39 is 10.0 Å². The van der Waals surface area contributed by atoms with Crippen molar-refractivity contribution in [2.45, 2.75) is 49.7 Å². The van der Waals surface area contributed by atoms with E-state index in [9.17, 15) is 8.42 Å². The van der Waals surface area contributed by atoms with Crippen LogP contribution < -0.4 is 5.32 Å². The predicted octanol–water partition coefficient (Wildman–Crippen LogP) is 1.72. The minimum absolute atomic E-state index is 0.0841. The molecule has 0 saturated carbocycles. The molecule has 0 aromatic carbocycles. The first-order valence-corrected chi connectivity index (χ1v) is 9.72. The highest BCUT2D eigenvalue weighted by Crippen LogP contribution is 2.33. The number of morpholine rings is 1. The van der Waals surface area contributed by atoms with Crippen molar-refractivity contribution in [2.24, 2.45) is 0 Å². The normalized spacial score (nSPS) is 26.4. The third kappa shape index (κ3) is 3.03. The van der Waals surface area contributed by atoms with Gasteiger partial charge in [-0.05, 0) is 37.9 Å². The summed E-state index contributed by atoms with van der Waals surface area (Å²) in [6.07, 6.45) is 2.12. The summed E-state index contributed by atoms with van der Waals surface area (Å²) in [7, 11) is -3.37. The molecule has 2 aliphatic heterocycles. The molecule has 5 nitrogen and oxygen atoms in total. The molecule has 0 radical (unpaired) electrons. The highest BCUT2D eigenvalue weighted by molar-refractivity contribution is 7.91. The molecule has 0 spiro atoms. The van der Waals surface area contributed by atoms with Gasteiger partial charge in [-0.25, -0.2) is 8.42 Å². The van der Waals surface area contributed by atoms with Gasteiger partial charge in [0.05, 0.1) is 12.2 Å². The minimum Gasteiger partial charge on any atom is -0.372 e. The second kappa shape index (κ2) is 5.96. The molecule has 2 unspecified atom stereocenters. The SMILES string of the molecule is CCNCc1sc(S(=O)(=O)N2CC3CCC(C2)O3)cc1C. The Morgan fingerprint density at radius 2 is 2.05 bits per heavy atom. The minimum atomic E-state index is -3.37. The third-order valence-electron chi connectivity index (χ3n) is 4.14. The molecular formula is C14H22N2O3S2. The first kappa shape index (κ1) is 15.4. The van der Waals surface area contributed by atoms with E-state index in [1.165, 1.54) is 11.3 Å². The third-order valence-corrected chi connectivity index (χ3v) is 7.66. The molecule has 3 rings (SSSR count). The Bertz CT molecular complexity index is 600. The van der Waals surface area contributed by atoms with Gasteiger partial charge in [0, 0.05) is 24.5 Å². The summed E-state index contributed by atoms with van der Waals surface area (Å²) in [5, 5.41) is 3.26.